The molecular weight excluding hydrogens is 618 g/mol. The molecule has 1 unspecified atom stereocenters. The van der Waals surface area contributed by atoms with Gasteiger partial charge in [-0.25, -0.2) is 8.42 Å². The Hall–Kier alpha value is -3.96. The topological polar surface area (TPSA) is 114 Å². The molecule has 10 nitrogen and oxygen atoms in total. The third kappa shape index (κ3) is 8.61. The number of carbonyl (C=O) groups is 2. The molecular formula is C33H42ClN3O7S. The van der Waals surface area contributed by atoms with E-state index >= 15 is 0 Å². The molecule has 0 aliphatic carbocycles. The van der Waals surface area contributed by atoms with E-state index in [0.29, 0.717) is 12.2 Å². The first-order valence-electron chi connectivity index (χ1n) is 14.4. The first kappa shape index (κ1) is 35.5. The number of ether oxygens (including phenoxy) is 3. The second-order valence-corrected chi connectivity index (χ2v) is 13.8. The number of benzene rings is 3. The van der Waals surface area contributed by atoms with Gasteiger partial charge < -0.3 is 24.4 Å². The van der Waals surface area contributed by atoms with E-state index in [2.05, 4.69) is 5.32 Å². The Balaban J connectivity index is 2.20. The Morgan fingerprint density at radius 1 is 0.911 bits per heavy atom. The zero-order valence-corrected chi connectivity index (χ0v) is 28.6. The zero-order chi connectivity index (χ0) is 33.5. The van der Waals surface area contributed by atoms with Gasteiger partial charge in [0.25, 0.3) is 10.0 Å². The summed E-state index contributed by atoms with van der Waals surface area (Å²) in [6, 6.07) is 15.3. The molecule has 1 atom stereocenters. The summed E-state index contributed by atoms with van der Waals surface area (Å²) in [5.74, 6) is -0.241. The van der Waals surface area contributed by atoms with E-state index in [-0.39, 0.29) is 39.6 Å². The van der Waals surface area contributed by atoms with Crippen LogP contribution in [0.15, 0.2) is 65.6 Å². The van der Waals surface area contributed by atoms with Gasteiger partial charge in [0.05, 0.1) is 31.9 Å². The van der Waals surface area contributed by atoms with Crippen molar-refractivity contribution in [3.8, 4) is 17.2 Å². The lowest BCUT2D eigenvalue weighted by atomic mass is 10.0. The number of rotatable bonds is 13. The van der Waals surface area contributed by atoms with Crippen molar-refractivity contribution in [3.63, 3.8) is 0 Å². The molecule has 3 rings (SSSR count). The smallest absolute Gasteiger partial charge is 0.265 e. The number of amides is 2. The predicted molar refractivity (Wildman–Crippen MR) is 176 cm³/mol. The number of anilines is 1. The van der Waals surface area contributed by atoms with Crippen LogP contribution >= 0.6 is 11.6 Å². The highest BCUT2D eigenvalue weighted by Gasteiger charge is 2.36. The fraction of sp³-hybridized carbons (Fsp3) is 0.394. The maximum atomic E-state index is 14.4. The van der Waals surface area contributed by atoms with Gasteiger partial charge in [-0.05, 0) is 75.6 Å². The molecule has 12 heteroatoms. The van der Waals surface area contributed by atoms with Crippen LogP contribution in [-0.2, 0) is 26.2 Å². The molecule has 0 aliphatic rings. The lowest BCUT2D eigenvalue weighted by molar-refractivity contribution is -0.141. The van der Waals surface area contributed by atoms with Crippen LogP contribution in [0.4, 0.5) is 5.69 Å². The third-order valence-corrected chi connectivity index (χ3v) is 9.11. The number of sulfonamides is 1. The maximum Gasteiger partial charge on any atom is 0.265 e. The molecule has 3 aromatic carbocycles. The summed E-state index contributed by atoms with van der Waals surface area (Å²) in [6.07, 6.45) is 0.294. The Kier molecular flexibility index (Phi) is 11.7. The molecule has 244 valence electrons. The van der Waals surface area contributed by atoms with Crippen LogP contribution < -0.4 is 23.8 Å². The lowest BCUT2D eigenvalue weighted by Gasteiger charge is -2.35. The fourth-order valence-corrected chi connectivity index (χ4v) is 6.42. The molecule has 0 fully saturated rings. The standard InChI is InChI=1S/C33H42ClN3O7S/c1-9-26(32(39)35-33(3,4)5)36(20-23-13-11-10-12-22(23)2)31(38)21-37(27-18-24(34)14-16-28(27)42-6)45(40,41)25-15-17-29(43-7)30(19-25)44-8/h10-19,26H,9,20-21H2,1-8H3,(H,35,39). The Bertz CT molecular complexity index is 1620. The number of hydrogen-bond donors (Lipinski definition) is 1. The van der Waals surface area contributed by atoms with Gasteiger partial charge in [-0.3, -0.25) is 13.9 Å². The number of carbonyl (C=O) groups excluding carboxylic acids is 2. The van der Waals surface area contributed by atoms with E-state index < -0.39 is 34.1 Å². The van der Waals surface area contributed by atoms with E-state index in [1.165, 1.54) is 56.6 Å². The molecule has 0 radical (unpaired) electrons. The van der Waals surface area contributed by atoms with Crippen molar-refractivity contribution < 1.29 is 32.2 Å². The van der Waals surface area contributed by atoms with Gasteiger partial charge >= 0.3 is 0 Å². The summed E-state index contributed by atoms with van der Waals surface area (Å²) in [5, 5.41) is 3.20. The number of halogens is 1. The predicted octanol–water partition coefficient (Wildman–Crippen LogP) is 5.59. The van der Waals surface area contributed by atoms with Crippen LogP contribution in [0.25, 0.3) is 0 Å². The van der Waals surface area contributed by atoms with Crippen molar-refractivity contribution in [2.24, 2.45) is 0 Å². The van der Waals surface area contributed by atoms with E-state index in [0.717, 1.165) is 15.4 Å². The highest BCUT2D eigenvalue weighted by molar-refractivity contribution is 7.92. The minimum atomic E-state index is -4.44. The highest BCUT2D eigenvalue weighted by Crippen LogP contribution is 2.37. The number of aryl methyl sites for hydroxylation is 1. The van der Waals surface area contributed by atoms with Crippen LogP contribution in [0, 0.1) is 6.92 Å². The molecule has 45 heavy (non-hydrogen) atoms. The lowest BCUT2D eigenvalue weighted by Crippen LogP contribution is -2.55. The number of hydrogen-bond acceptors (Lipinski definition) is 7. The molecule has 3 aromatic rings. The summed E-state index contributed by atoms with van der Waals surface area (Å²) in [4.78, 5) is 29.3. The van der Waals surface area contributed by atoms with Crippen LogP contribution in [0.2, 0.25) is 5.02 Å². The fourth-order valence-electron chi connectivity index (χ4n) is 4.82. The van der Waals surface area contributed by atoms with E-state index in [1.54, 1.807) is 6.07 Å². The van der Waals surface area contributed by atoms with Gasteiger partial charge in [0, 0.05) is 23.2 Å². The van der Waals surface area contributed by atoms with E-state index in [9.17, 15) is 18.0 Å². The van der Waals surface area contributed by atoms with Crippen LogP contribution in [-0.4, -0.2) is 64.6 Å². The van der Waals surface area contributed by atoms with Crippen molar-refractivity contribution in [1.82, 2.24) is 10.2 Å². The van der Waals surface area contributed by atoms with Gasteiger partial charge in [0.1, 0.15) is 18.3 Å². The molecule has 0 spiro atoms. The Morgan fingerprint density at radius 3 is 2.11 bits per heavy atom. The monoisotopic (exact) mass is 659 g/mol. The van der Waals surface area contributed by atoms with Crippen molar-refractivity contribution in [2.45, 2.75) is 64.1 Å². The molecule has 2 amide bonds. The number of nitrogens with zero attached hydrogens (tertiary/aromatic N) is 2. The highest BCUT2D eigenvalue weighted by atomic mass is 35.5. The van der Waals surface area contributed by atoms with Gasteiger partial charge in [-0.1, -0.05) is 42.8 Å². The Morgan fingerprint density at radius 2 is 1.53 bits per heavy atom. The summed E-state index contributed by atoms with van der Waals surface area (Å²) in [6.45, 7) is 8.72. The SMILES string of the molecule is CCC(C(=O)NC(C)(C)C)N(Cc1ccccc1C)C(=O)CN(c1cc(Cl)ccc1OC)S(=O)(=O)c1ccc(OC)c(OC)c1. The summed E-state index contributed by atoms with van der Waals surface area (Å²) < 4.78 is 45.9. The Labute approximate surface area is 271 Å². The maximum absolute atomic E-state index is 14.4. The minimum Gasteiger partial charge on any atom is -0.495 e. The molecule has 0 aliphatic heterocycles. The number of nitrogens with one attached hydrogen (secondary N) is 1. The first-order chi connectivity index (χ1) is 21.2. The molecule has 0 heterocycles. The van der Waals surface area contributed by atoms with Crippen molar-refractivity contribution >= 4 is 39.1 Å². The average molecular weight is 660 g/mol. The molecule has 0 bridgehead atoms. The summed E-state index contributed by atoms with van der Waals surface area (Å²) in [7, 11) is -0.211. The van der Waals surface area contributed by atoms with Crippen molar-refractivity contribution in [2.75, 3.05) is 32.2 Å². The van der Waals surface area contributed by atoms with E-state index in [1.807, 2.05) is 58.9 Å². The number of methoxy groups -OCH3 is 3. The normalized spacial score (nSPS) is 12.2. The van der Waals surface area contributed by atoms with Gasteiger partial charge in [0.2, 0.25) is 11.8 Å². The largest absolute Gasteiger partial charge is 0.495 e. The summed E-state index contributed by atoms with van der Waals surface area (Å²) in [5.41, 5.74) is 1.24. The van der Waals surface area contributed by atoms with Crippen molar-refractivity contribution in [1.29, 1.82) is 0 Å². The molecule has 0 saturated carbocycles. The average Bonchev–Trinajstić information content (AvgIpc) is 2.99. The van der Waals surface area contributed by atoms with Gasteiger partial charge in [-0.2, -0.15) is 0 Å². The summed E-state index contributed by atoms with van der Waals surface area (Å²) >= 11 is 6.34. The zero-order valence-electron chi connectivity index (χ0n) is 27.0. The minimum absolute atomic E-state index is 0.0520. The first-order valence-corrected chi connectivity index (χ1v) is 16.2. The third-order valence-electron chi connectivity index (χ3n) is 7.12. The molecule has 1 N–H and O–H groups in total. The van der Waals surface area contributed by atoms with Gasteiger partial charge in [0.15, 0.2) is 11.5 Å². The second-order valence-electron chi connectivity index (χ2n) is 11.5. The van der Waals surface area contributed by atoms with Crippen LogP contribution in [0.3, 0.4) is 0 Å². The molecule has 0 saturated heterocycles. The van der Waals surface area contributed by atoms with Crippen LogP contribution in [0.5, 0.6) is 17.2 Å². The van der Waals surface area contributed by atoms with Crippen LogP contribution in [0.1, 0.15) is 45.2 Å². The quantitative estimate of drug-likeness (QED) is 0.254. The van der Waals surface area contributed by atoms with E-state index in [4.69, 9.17) is 25.8 Å². The molecule has 0 aromatic heterocycles. The second kappa shape index (κ2) is 14.9. The van der Waals surface area contributed by atoms with Crippen molar-refractivity contribution in [3.05, 3.63) is 76.8 Å². The van der Waals surface area contributed by atoms with Gasteiger partial charge in [-0.15, -0.1) is 0 Å².